The second kappa shape index (κ2) is 8.52. The molecule has 0 radical (unpaired) electrons. The molecule has 0 spiro atoms. The maximum atomic E-state index is 5.69. The van der Waals surface area contributed by atoms with Crippen molar-refractivity contribution in [1.29, 1.82) is 0 Å². The molecule has 150 valence electrons. The second-order valence-corrected chi connectivity index (χ2v) is 7.91. The molecule has 1 heterocycles. The summed E-state index contributed by atoms with van der Waals surface area (Å²) in [7, 11) is 3.49. The SMILES string of the molecule is COc1cccc(C2NNCC2CNC2(c3ccccc3OC)CCCC2)c1. The number of rotatable bonds is 7. The lowest BCUT2D eigenvalue weighted by atomic mass is 9.86. The number of benzene rings is 2. The minimum Gasteiger partial charge on any atom is -0.497 e. The van der Waals surface area contributed by atoms with E-state index in [1.165, 1.54) is 24.0 Å². The first-order chi connectivity index (χ1) is 13.8. The van der Waals surface area contributed by atoms with Gasteiger partial charge in [0.1, 0.15) is 11.5 Å². The zero-order valence-electron chi connectivity index (χ0n) is 16.8. The molecule has 3 N–H and O–H groups in total. The van der Waals surface area contributed by atoms with Crippen molar-refractivity contribution in [3.63, 3.8) is 0 Å². The molecule has 1 saturated carbocycles. The van der Waals surface area contributed by atoms with Crippen LogP contribution in [0.2, 0.25) is 0 Å². The van der Waals surface area contributed by atoms with Gasteiger partial charge in [-0.1, -0.05) is 43.2 Å². The van der Waals surface area contributed by atoms with Gasteiger partial charge in [-0.25, -0.2) is 5.43 Å². The summed E-state index contributed by atoms with van der Waals surface area (Å²) in [5.41, 5.74) is 9.37. The highest BCUT2D eigenvalue weighted by atomic mass is 16.5. The summed E-state index contributed by atoms with van der Waals surface area (Å²) < 4.78 is 11.1. The van der Waals surface area contributed by atoms with E-state index in [9.17, 15) is 0 Å². The van der Waals surface area contributed by atoms with Crippen LogP contribution in [-0.4, -0.2) is 27.3 Å². The average molecular weight is 382 g/mol. The van der Waals surface area contributed by atoms with Crippen molar-refractivity contribution in [2.75, 3.05) is 27.3 Å². The van der Waals surface area contributed by atoms with Gasteiger partial charge in [-0.15, -0.1) is 0 Å². The Hall–Kier alpha value is -2.08. The largest absolute Gasteiger partial charge is 0.497 e. The van der Waals surface area contributed by atoms with E-state index in [0.29, 0.717) is 5.92 Å². The zero-order valence-corrected chi connectivity index (χ0v) is 16.8. The number of ether oxygens (including phenoxy) is 2. The topological polar surface area (TPSA) is 54.5 Å². The fourth-order valence-electron chi connectivity index (χ4n) is 4.80. The fraction of sp³-hybridized carbons (Fsp3) is 0.478. The first kappa shape index (κ1) is 19.2. The van der Waals surface area contributed by atoms with Crippen LogP contribution in [-0.2, 0) is 5.54 Å². The quantitative estimate of drug-likeness (QED) is 0.685. The molecule has 5 heteroatoms. The molecule has 1 saturated heterocycles. The first-order valence-corrected chi connectivity index (χ1v) is 10.3. The standard InChI is InChI=1S/C23H31N3O2/c1-27-19-9-7-8-17(14-19)22-18(16-25-26-22)15-24-23(12-5-6-13-23)20-10-3-4-11-21(20)28-2/h3-4,7-11,14,18,22,24-26H,5-6,12-13,15-16H2,1-2H3. The van der Waals surface area contributed by atoms with Gasteiger partial charge in [0, 0.05) is 30.1 Å². The van der Waals surface area contributed by atoms with E-state index in [4.69, 9.17) is 9.47 Å². The molecule has 5 nitrogen and oxygen atoms in total. The van der Waals surface area contributed by atoms with Crippen molar-refractivity contribution in [3.05, 3.63) is 59.7 Å². The molecular formula is C23H31N3O2. The minimum atomic E-state index is 0.00806. The summed E-state index contributed by atoms with van der Waals surface area (Å²) in [4.78, 5) is 0. The van der Waals surface area contributed by atoms with Gasteiger partial charge in [-0.3, -0.25) is 5.43 Å². The van der Waals surface area contributed by atoms with E-state index < -0.39 is 0 Å². The summed E-state index contributed by atoms with van der Waals surface area (Å²) in [6, 6.07) is 17.1. The van der Waals surface area contributed by atoms with Crippen molar-refractivity contribution in [2.45, 2.75) is 37.3 Å². The Kier molecular flexibility index (Phi) is 5.85. The summed E-state index contributed by atoms with van der Waals surface area (Å²) >= 11 is 0. The van der Waals surface area contributed by atoms with Crippen LogP contribution in [0.5, 0.6) is 11.5 Å². The number of hydrazine groups is 1. The molecule has 0 aromatic heterocycles. The summed E-state index contributed by atoms with van der Waals surface area (Å²) in [6.07, 6.45) is 4.83. The van der Waals surface area contributed by atoms with Crippen LogP contribution in [0.25, 0.3) is 0 Å². The smallest absolute Gasteiger partial charge is 0.123 e. The lowest BCUT2D eigenvalue weighted by Crippen LogP contribution is -2.44. The molecule has 2 unspecified atom stereocenters. The Balaban J connectivity index is 1.52. The van der Waals surface area contributed by atoms with E-state index >= 15 is 0 Å². The van der Waals surface area contributed by atoms with Gasteiger partial charge < -0.3 is 14.8 Å². The van der Waals surface area contributed by atoms with E-state index in [-0.39, 0.29) is 11.6 Å². The highest BCUT2D eigenvalue weighted by Crippen LogP contribution is 2.43. The van der Waals surface area contributed by atoms with Gasteiger partial charge in [0.05, 0.1) is 20.3 Å². The molecule has 2 aromatic rings. The highest BCUT2D eigenvalue weighted by Gasteiger charge is 2.39. The van der Waals surface area contributed by atoms with E-state index in [1.54, 1.807) is 14.2 Å². The maximum absolute atomic E-state index is 5.69. The molecule has 4 rings (SSSR count). The average Bonchev–Trinajstić information content (AvgIpc) is 3.42. The molecule has 1 aliphatic heterocycles. The molecule has 28 heavy (non-hydrogen) atoms. The molecule has 2 aromatic carbocycles. The monoisotopic (exact) mass is 381 g/mol. The summed E-state index contributed by atoms with van der Waals surface area (Å²) in [6.45, 7) is 1.89. The van der Waals surface area contributed by atoms with Crippen molar-refractivity contribution >= 4 is 0 Å². The van der Waals surface area contributed by atoms with Crippen LogP contribution >= 0.6 is 0 Å². The second-order valence-electron chi connectivity index (χ2n) is 7.91. The Morgan fingerprint density at radius 2 is 1.86 bits per heavy atom. The van der Waals surface area contributed by atoms with Crippen molar-refractivity contribution in [2.24, 2.45) is 5.92 Å². The number of hydrogen-bond acceptors (Lipinski definition) is 5. The normalized spacial score (nSPS) is 23.6. The fourth-order valence-corrected chi connectivity index (χ4v) is 4.80. The van der Waals surface area contributed by atoms with Gasteiger partial charge in [-0.2, -0.15) is 0 Å². The molecular weight excluding hydrogens is 350 g/mol. The van der Waals surface area contributed by atoms with Gasteiger partial charge in [-0.05, 0) is 36.6 Å². The van der Waals surface area contributed by atoms with E-state index in [1.807, 2.05) is 6.07 Å². The predicted octanol–water partition coefficient (Wildman–Crippen LogP) is 3.53. The van der Waals surface area contributed by atoms with Crippen LogP contribution < -0.4 is 25.6 Å². The lowest BCUT2D eigenvalue weighted by Gasteiger charge is -2.34. The van der Waals surface area contributed by atoms with Crippen molar-refractivity contribution < 1.29 is 9.47 Å². The van der Waals surface area contributed by atoms with Crippen LogP contribution in [0.1, 0.15) is 42.9 Å². The molecule has 2 fully saturated rings. The summed E-state index contributed by atoms with van der Waals surface area (Å²) in [5.74, 6) is 2.35. The van der Waals surface area contributed by atoms with Gasteiger partial charge >= 0.3 is 0 Å². The Labute approximate surface area is 167 Å². The maximum Gasteiger partial charge on any atom is 0.123 e. The Morgan fingerprint density at radius 1 is 1.04 bits per heavy atom. The Bertz CT molecular complexity index is 789. The minimum absolute atomic E-state index is 0.00806. The molecule has 1 aliphatic carbocycles. The van der Waals surface area contributed by atoms with E-state index in [2.05, 4.69) is 58.6 Å². The number of methoxy groups -OCH3 is 2. The third-order valence-electron chi connectivity index (χ3n) is 6.33. The van der Waals surface area contributed by atoms with Gasteiger partial charge in [0.2, 0.25) is 0 Å². The van der Waals surface area contributed by atoms with Crippen molar-refractivity contribution in [3.8, 4) is 11.5 Å². The third-order valence-corrected chi connectivity index (χ3v) is 6.33. The van der Waals surface area contributed by atoms with Gasteiger partial charge in [0.15, 0.2) is 0 Å². The predicted molar refractivity (Wildman–Crippen MR) is 112 cm³/mol. The molecule has 2 atom stereocenters. The highest BCUT2D eigenvalue weighted by molar-refractivity contribution is 5.40. The first-order valence-electron chi connectivity index (χ1n) is 10.3. The number of para-hydroxylation sites is 1. The molecule has 2 aliphatic rings. The van der Waals surface area contributed by atoms with Crippen LogP contribution in [0, 0.1) is 5.92 Å². The van der Waals surface area contributed by atoms with Crippen LogP contribution in [0.15, 0.2) is 48.5 Å². The van der Waals surface area contributed by atoms with Crippen molar-refractivity contribution in [1.82, 2.24) is 16.2 Å². The zero-order chi connectivity index (χ0) is 19.4. The van der Waals surface area contributed by atoms with Crippen LogP contribution in [0.3, 0.4) is 0 Å². The van der Waals surface area contributed by atoms with Crippen LogP contribution in [0.4, 0.5) is 0 Å². The lowest BCUT2D eigenvalue weighted by molar-refractivity contribution is 0.291. The Morgan fingerprint density at radius 3 is 2.64 bits per heavy atom. The summed E-state index contributed by atoms with van der Waals surface area (Å²) in [5, 5.41) is 3.97. The number of hydrogen-bond donors (Lipinski definition) is 3. The van der Waals surface area contributed by atoms with Gasteiger partial charge in [0.25, 0.3) is 0 Å². The number of nitrogens with one attached hydrogen (secondary N) is 3. The third kappa shape index (κ3) is 3.75. The van der Waals surface area contributed by atoms with E-state index in [0.717, 1.165) is 37.4 Å². The molecule has 0 amide bonds. The molecule has 0 bridgehead atoms.